The van der Waals surface area contributed by atoms with Gasteiger partial charge < -0.3 is 14.1 Å². The van der Waals surface area contributed by atoms with E-state index in [9.17, 15) is 9.59 Å². The standard InChI is InChI=1S/C21H18N2O4/c24-20(23-12-11-15-5-1-2-6-16(15)13-23)14-26-21(25)10-9-19-22-17-7-3-4-8-18(17)27-19/h1-10H,11-14H2/b10-9+. The zero-order valence-corrected chi connectivity index (χ0v) is 14.6. The maximum absolute atomic E-state index is 12.3. The summed E-state index contributed by atoms with van der Waals surface area (Å²) in [6.45, 7) is 0.899. The molecule has 0 unspecified atom stereocenters. The van der Waals surface area contributed by atoms with Crippen LogP contribution in [0.4, 0.5) is 0 Å². The number of para-hydroxylation sites is 2. The molecule has 136 valence electrons. The molecule has 2 heterocycles. The van der Waals surface area contributed by atoms with Crippen molar-refractivity contribution >= 4 is 29.1 Å². The summed E-state index contributed by atoms with van der Waals surface area (Å²) in [5.74, 6) is -0.497. The van der Waals surface area contributed by atoms with Crippen LogP contribution in [0, 0.1) is 0 Å². The summed E-state index contributed by atoms with van der Waals surface area (Å²) in [6.07, 6.45) is 3.46. The second kappa shape index (κ2) is 7.45. The first kappa shape index (κ1) is 17.0. The maximum Gasteiger partial charge on any atom is 0.331 e. The van der Waals surface area contributed by atoms with Crippen LogP contribution in [0.2, 0.25) is 0 Å². The summed E-state index contributed by atoms with van der Waals surface area (Å²) < 4.78 is 10.5. The maximum atomic E-state index is 12.3. The first-order chi connectivity index (χ1) is 13.2. The zero-order chi connectivity index (χ0) is 18.6. The average molecular weight is 362 g/mol. The number of amides is 1. The quantitative estimate of drug-likeness (QED) is 0.527. The molecule has 3 aromatic rings. The van der Waals surface area contributed by atoms with E-state index in [1.54, 1.807) is 11.0 Å². The van der Waals surface area contributed by atoms with Crippen LogP contribution >= 0.6 is 0 Å². The monoisotopic (exact) mass is 362 g/mol. The third kappa shape index (κ3) is 3.89. The third-order valence-electron chi connectivity index (χ3n) is 4.49. The number of oxazole rings is 1. The van der Waals surface area contributed by atoms with Gasteiger partial charge in [0, 0.05) is 25.2 Å². The van der Waals surface area contributed by atoms with E-state index in [0.29, 0.717) is 30.1 Å². The Morgan fingerprint density at radius 2 is 1.89 bits per heavy atom. The molecule has 0 radical (unpaired) electrons. The first-order valence-electron chi connectivity index (χ1n) is 8.74. The molecule has 0 saturated carbocycles. The number of esters is 1. The molecule has 0 saturated heterocycles. The van der Waals surface area contributed by atoms with E-state index in [2.05, 4.69) is 11.1 Å². The Morgan fingerprint density at radius 3 is 2.74 bits per heavy atom. The Balaban J connectivity index is 1.30. The lowest BCUT2D eigenvalue weighted by Gasteiger charge is -2.28. The molecule has 1 aliphatic heterocycles. The van der Waals surface area contributed by atoms with Crippen LogP contribution in [0.25, 0.3) is 17.2 Å². The van der Waals surface area contributed by atoms with Crippen LogP contribution in [0.1, 0.15) is 17.0 Å². The van der Waals surface area contributed by atoms with E-state index >= 15 is 0 Å². The van der Waals surface area contributed by atoms with Gasteiger partial charge in [0.05, 0.1) is 0 Å². The minimum atomic E-state index is -0.608. The van der Waals surface area contributed by atoms with E-state index in [-0.39, 0.29) is 12.5 Å². The van der Waals surface area contributed by atoms with Gasteiger partial charge in [0.15, 0.2) is 12.2 Å². The Morgan fingerprint density at radius 1 is 1.11 bits per heavy atom. The number of benzene rings is 2. The molecule has 6 nitrogen and oxygen atoms in total. The van der Waals surface area contributed by atoms with Crippen LogP contribution in [0.15, 0.2) is 59.0 Å². The van der Waals surface area contributed by atoms with E-state index in [4.69, 9.17) is 9.15 Å². The lowest BCUT2D eigenvalue weighted by atomic mass is 10.00. The fourth-order valence-electron chi connectivity index (χ4n) is 3.08. The summed E-state index contributed by atoms with van der Waals surface area (Å²) in [4.78, 5) is 30.1. The van der Waals surface area contributed by atoms with Crippen molar-refractivity contribution < 1.29 is 18.7 Å². The molecule has 0 spiro atoms. The first-order valence-corrected chi connectivity index (χ1v) is 8.74. The van der Waals surface area contributed by atoms with E-state index in [1.807, 2.05) is 36.4 Å². The van der Waals surface area contributed by atoms with Gasteiger partial charge in [-0.05, 0) is 29.7 Å². The SMILES string of the molecule is O=C(/C=C/c1nc2ccccc2o1)OCC(=O)N1CCc2ccccc2C1. The van der Waals surface area contributed by atoms with Gasteiger partial charge in [0.1, 0.15) is 5.52 Å². The molecule has 0 N–H and O–H groups in total. The van der Waals surface area contributed by atoms with Crippen LogP contribution in [-0.2, 0) is 27.3 Å². The predicted molar refractivity (Wildman–Crippen MR) is 99.6 cm³/mol. The molecule has 1 amide bonds. The Hall–Kier alpha value is -3.41. The molecule has 0 atom stereocenters. The van der Waals surface area contributed by atoms with Crippen LogP contribution < -0.4 is 0 Å². The summed E-state index contributed by atoms with van der Waals surface area (Å²) in [7, 11) is 0. The number of ether oxygens (including phenoxy) is 1. The van der Waals surface area contributed by atoms with Gasteiger partial charge in [-0.3, -0.25) is 4.79 Å². The molecule has 1 aliphatic rings. The van der Waals surface area contributed by atoms with Crippen molar-refractivity contribution in [2.45, 2.75) is 13.0 Å². The summed E-state index contributed by atoms with van der Waals surface area (Å²) in [6, 6.07) is 15.4. The number of aromatic nitrogens is 1. The highest BCUT2D eigenvalue weighted by Crippen LogP contribution is 2.18. The minimum Gasteiger partial charge on any atom is -0.452 e. The fourth-order valence-corrected chi connectivity index (χ4v) is 3.08. The van der Waals surface area contributed by atoms with Crippen molar-refractivity contribution in [1.29, 1.82) is 0 Å². The number of fused-ring (bicyclic) bond motifs is 2. The van der Waals surface area contributed by atoms with Crippen LogP contribution in [-0.4, -0.2) is 34.9 Å². The summed E-state index contributed by atoms with van der Waals surface area (Å²) >= 11 is 0. The Kier molecular flexibility index (Phi) is 4.70. The van der Waals surface area contributed by atoms with Crippen molar-refractivity contribution in [1.82, 2.24) is 9.88 Å². The Labute approximate surface area is 156 Å². The number of hydrogen-bond donors (Lipinski definition) is 0. The second-order valence-electron chi connectivity index (χ2n) is 6.29. The molecular formula is C21H18N2O4. The highest BCUT2D eigenvalue weighted by molar-refractivity contribution is 5.89. The number of rotatable bonds is 4. The Bertz CT molecular complexity index is 989. The third-order valence-corrected chi connectivity index (χ3v) is 4.49. The van der Waals surface area contributed by atoms with Crippen LogP contribution in [0.5, 0.6) is 0 Å². The van der Waals surface area contributed by atoms with Gasteiger partial charge in [-0.1, -0.05) is 36.4 Å². The molecule has 0 bridgehead atoms. The molecule has 0 fully saturated rings. The number of carbonyl (C=O) groups is 2. The van der Waals surface area contributed by atoms with E-state index < -0.39 is 5.97 Å². The normalized spacial score (nSPS) is 13.7. The largest absolute Gasteiger partial charge is 0.452 e. The second-order valence-corrected chi connectivity index (χ2v) is 6.29. The van der Waals surface area contributed by atoms with Crippen molar-refractivity contribution in [2.24, 2.45) is 0 Å². The van der Waals surface area contributed by atoms with Crippen molar-refractivity contribution in [3.8, 4) is 0 Å². The number of hydrogen-bond acceptors (Lipinski definition) is 5. The molecule has 6 heteroatoms. The van der Waals surface area contributed by atoms with Gasteiger partial charge in [0.25, 0.3) is 5.91 Å². The van der Waals surface area contributed by atoms with Gasteiger partial charge in [-0.2, -0.15) is 0 Å². The lowest BCUT2D eigenvalue weighted by molar-refractivity contribution is -0.148. The molecule has 27 heavy (non-hydrogen) atoms. The molecule has 0 aliphatic carbocycles. The van der Waals surface area contributed by atoms with Crippen molar-refractivity contribution in [3.05, 3.63) is 71.6 Å². The van der Waals surface area contributed by atoms with E-state index in [1.165, 1.54) is 17.7 Å². The van der Waals surface area contributed by atoms with Gasteiger partial charge >= 0.3 is 5.97 Å². The van der Waals surface area contributed by atoms with Crippen molar-refractivity contribution in [2.75, 3.05) is 13.2 Å². The fraction of sp³-hybridized carbons (Fsp3) is 0.190. The molecular weight excluding hydrogens is 344 g/mol. The van der Waals surface area contributed by atoms with Gasteiger partial charge in [0.2, 0.25) is 5.89 Å². The topological polar surface area (TPSA) is 72.6 Å². The van der Waals surface area contributed by atoms with Crippen LogP contribution in [0.3, 0.4) is 0 Å². The zero-order valence-electron chi connectivity index (χ0n) is 14.6. The average Bonchev–Trinajstić information content (AvgIpc) is 3.13. The molecule has 4 rings (SSSR count). The van der Waals surface area contributed by atoms with Gasteiger partial charge in [-0.15, -0.1) is 0 Å². The predicted octanol–water partition coefficient (Wildman–Crippen LogP) is 2.97. The number of nitrogens with zero attached hydrogens (tertiary/aromatic N) is 2. The lowest BCUT2D eigenvalue weighted by Crippen LogP contribution is -2.38. The summed E-state index contributed by atoms with van der Waals surface area (Å²) in [5, 5.41) is 0. The molecule has 2 aromatic carbocycles. The highest BCUT2D eigenvalue weighted by atomic mass is 16.5. The summed E-state index contributed by atoms with van der Waals surface area (Å²) in [5.41, 5.74) is 3.76. The highest BCUT2D eigenvalue weighted by Gasteiger charge is 2.21. The smallest absolute Gasteiger partial charge is 0.331 e. The minimum absolute atomic E-state index is 0.201. The van der Waals surface area contributed by atoms with E-state index in [0.717, 1.165) is 12.0 Å². The number of carbonyl (C=O) groups excluding carboxylic acids is 2. The van der Waals surface area contributed by atoms with Gasteiger partial charge in [-0.25, -0.2) is 9.78 Å². The molecule has 1 aromatic heterocycles. The van der Waals surface area contributed by atoms with Crippen molar-refractivity contribution in [3.63, 3.8) is 0 Å².